The molecule has 1 aliphatic rings. The van der Waals surface area contributed by atoms with E-state index < -0.39 is 0 Å². The van der Waals surface area contributed by atoms with Crippen molar-refractivity contribution in [3.05, 3.63) is 59.3 Å². The maximum Gasteiger partial charge on any atom is 0.123 e. The Morgan fingerprint density at radius 3 is 2.92 bits per heavy atom. The Balaban J connectivity index is 1.63. The highest BCUT2D eigenvalue weighted by Crippen LogP contribution is 2.35. The lowest BCUT2D eigenvalue weighted by molar-refractivity contribution is -0.0202. The highest BCUT2D eigenvalue weighted by atomic mass is 19.1. The number of hydrogen-bond donors (Lipinski definition) is 1. The van der Waals surface area contributed by atoms with Crippen molar-refractivity contribution in [2.45, 2.75) is 51.7 Å². The second-order valence-electron chi connectivity index (χ2n) is 7.22. The van der Waals surface area contributed by atoms with E-state index in [1.807, 2.05) is 18.2 Å². The van der Waals surface area contributed by atoms with E-state index >= 15 is 0 Å². The van der Waals surface area contributed by atoms with E-state index in [4.69, 9.17) is 9.15 Å². The highest BCUT2D eigenvalue weighted by molar-refractivity contribution is 5.32. The monoisotopic (exact) mass is 345 g/mol. The van der Waals surface area contributed by atoms with Gasteiger partial charge < -0.3 is 14.5 Å². The SMILES string of the molecule is CC(C)C1CC(c2cc(F)ccc2CCNCc2ccco2)CCO1. The molecular weight excluding hydrogens is 317 g/mol. The molecule has 3 rings (SSSR count). The third-order valence-electron chi connectivity index (χ3n) is 5.06. The van der Waals surface area contributed by atoms with Crippen LogP contribution in [0.1, 0.15) is 49.5 Å². The van der Waals surface area contributed by atoms with Crippen molar-refractivity contribution < 1.29 is 13.5 Å². The molecule has 2 aromatic rings. The Kier molecular flexibility index (Phi) is 6.27. The molecule has 0 spiro atoms. The van der Waals surface area contributed by atoms with Crippen LogP contribution < -0.4 is 5.32 Å². The maximum atomic E-state index is 13.9. The summed E-state index contributed by atoms with van der Waals surface area (Å²) < 4.78 is 25.1. The van der Waals surface area contributed by atoms with Crippen LogP contribution in [0, 0.1) is 11.7 Å². The molecule has 136 valence electrons. The van der Waals surface area contributed by atoms with E-state index in [0.717, 1.165) is 50.3 Å². The molecule has 1 aromatic heterocycles. The summed E-state index contributed by atoms with van der Waals surface area (Å²) in [4.78, 5) is 0. The fourth-order valence-corrected chi connectivity index (χ4v) is 3.60. The summed E-state index contributed by atoms with van der Waals surface area (Å²) in [5.41, 5.74) is 2.40. The van der Waals surface area contributed by atoms with Crippen LogP contribution in [0.15, 0.2) is 41.0 Å². The quantitative estimate of drug-likeness (QED) is 0.741. The van der Waals surface area contributed by atoms with E-state index in [0.29, 0.717) is 11.8 Å². The average Bonchev–Trinajstić information content (AvgIpc) is 3.13. The third-order valence-corrected chi connectivity index (χ3v) is 5.06. The Labute approximate surface area is 149 Å². The molecule has 0 aliphatic carbocycles. The first-order chi connectivity index (χ1) is 12.1. The van der Waals surface area contributed by atoms with Crippen molar-refractivity contribution in [2.24, 2.45) is 5.92 Å². The van der Waals surface area contributed by atoms with Crippen molar-refractivity contribution in [3.8, 4) is 0 Å². The highest BCUT2D eigenvalue weighted by Gasteiger charge is 2.27. The van der Waals surface area contributed by atoms with Gasteiger partial charge in [0.15, 0.2) is 0 Å². The van der Waals surface area contributed by atoms with E-state index in [-0.39, 0.29) is 11.9 Å². The third kappa shape index (κ3) is 4.93. The van der Waals surface area contributed by atoms with Crippen LogP contribution >= 0.6 is 0 Å². The number of nitrogens with one attached hydrogen (secondary N) is 1. The predicted molar refractivity (Wildman–Crippen MR) is 97.1 cm³/mol. The largest absolute Gasteiger partial charge is 0.468 e. The van der Waals surface area contributed by atoms with Gasteiger partial charge in [-0.05, 0) is 73.0 Å². The molecule has 4 heteroatoms. The van der Waals surface area contributed by atoms with Gasteiger partial charge >= 0.3 is 0 Å². The molecule has 0 radical (unpaired) electrons. The van der Waals surface area contributed by atoms with Gasteiger partial charge in [0, 0.05) is 6.61 Å². The molecule has 2 heterocycles. The number of benzene rings is 1. The Bertz CT molecular complexity index is 654. The van der Waals surface area contributed by atoms with Gasteiger partial charge in [-0.15, -0.1) is 0 Å². The molecule has 2 atom stereocenters. The van der Waals surface area contributed by atoms with E-state index in [1.54, 1.807) is 18.4 Å². The number of hydrogen-bond acceptors (Lipinski definition) is 3. The number of furan rings is 1. The van der Waals surface area contributed by atoms with E-state index in [2.05, 4.69) is 19.2 Å². The summed E-state index contributed by atoms with van der Waals surface area (Å²) in [5.74, 6) is 1.67. The minimum atomic E-state index is -0.144. The summed E-state index contributed by atoms with van der Waals surface area (Å²) in [6, 6.07) is 9.11. The average molecular weight is 345 g/mol. The van der Waals surface area contributed by atoms with Crippen LogP contribution in [0.5, 0.6) is 0 Å². The van der Waals surface area contributed by atoms with Crippen LogP contribution in [0.2, 0.25) is 0 Å². The zero-order valence-corrected chi connectivity index (χ0v) is 15.1. The lowest BCUT2D eigenvalue weighted by Gasteiger charge is -2.33. The first-order valence-electron chi connectivity index (χ1n) is 9.26. The van der Waals surface area contributed by atoms with Crippen molar-refractivity contribution in [3.63, 3.8) is 0 Å². The molecule has 1 aliphatic heterocycles. The molecule has 0 bridgehead atoms. The van der Waals surface area contributed by atoms with Crippen LogP contribution in [-0.4, -0.2) is 19.3 Å². The van der Waals surface area contributed by atoms with Gasteiger partial charge in [-0.3, -0.25) is 0 Å². The van der Waals surface area contributed by atoms with E-state index in [9.17, 15) is 4.39 Å². The molecule has 3 nitrogen and oxygen atoms in total. The molecule has 1 fully saturated rings. The van der Waals surface area contributed by atoms with Gasteiger partial charge in [-0.25, -0.2) is 4.39 Å². The normalized spacial score (nSPS) is 21.0. The van der Waals surface area contributed by atoms with Crippen molar-refractivity contribution >= 4 is 0 Å². The fourth-order valence-electron chi connectivity index (χ4n) is 3.60. The van der Waals surface area contributed by atoms with Gasteiger partial charge in [0.25, 0.3) is 0 Å². The topological polar surface area (TPSA) is 34.4 Å². The maximum absolute atomic E-state index is 13.9. The van der Waals surface area contributed by atoms with Crippen molar-refractivity contribution in [1.82, 2.24) is 5.32 Å². The lowest BCUT2D eigenvalue weighted by Crippen LogP contribution is -2.29. The minimum Gasteiger partial charge on any atom is -0.468 e. The van der Waals surface area contributed by atoms with Crippen LogP contribution in [0.3, 0.4) is 0 Å². The molecule has 2 unspecified atom stereocenters. The van der Waals surface area contributed by atoms with Gasteiger partial charge in [-0.2, -0.15) is 0 Å². The summed E-state index contributed by atoms with van der Waals surface area (Å²) in [6.45, 7) is 6.71. The van der Waals surface area contributed by atoms with Gasteiger partial charge in [0.05, 0.1) is 18.9 Å². The van der Waals surface area contributed by atoms with Crippen molar-refractivity contribution in [1.29, 1.82) is 0 Å². The van der Waals surface area contributed by atoms with E-state index in [1.165, 1.54) is 5.56 Å². The van der Waals surface area contributed by atoms with Crippen LogP contribution in [-0.2, 0) is 17.7 Å². The zero-order valence-electron chi connectivity index (χ0n) is 15.1. The first-order valence-corrected chi connectivity index (χ1v) is 9.26. The smallest absolute Gasteiger partial charge is 0.123 e. The minimum absolute atomic E-state index is 0.144. The second kappa shape index (κ2) is 8.63. The lowest BCUT2D eigenvalue weighted by atomic mass is 9.82. The second-order valence-corrected chi connectivity index (χ2v) is 7.22. The molecule has 0 saturated carbocycles. The predicted octanol–water partition coefficient (Wildman–Crippen LogP) is 4.67. The number of ether oxygens (including phenoxy) is 1. The number of halogens is 1. The summed E-state index contributed by atoms with van der Waals surface area (Å²) in [6.07, 6.45) is 4.80. The summed E-state index contributed by atoms with van der Waals surface area (Å²) in [5, 5.41) is 3.40. The molecule has 25 heavy (non-hydrogen) atoms. The number of rotatable bonds is 7. The molecule has 0 amide bonds. The standard InChI is InChI=1S/C21H28FNO2/c1-15(2)21-12-17(8-11-25-21)20-13-18(22)6-5-16(20)7-9-23-14-19-4-3-10-24-19/h3-6,10,13,15,17,21,23H,7-9,11-12,14H2,1-2H3. The summed E-state index contributed by atoms with van der Waals surface area (Å²) >= 11 is 0. The molecular formula is C21H28FNO2. The Hall–Kier alpha value is -1.65. The van der Waals surface area contributed by atoms with Gasteiger partial charge in [-0.1, -0.05) is 19.9 Å². The molecule has 1 aromatic carbocycles. The van der Waals surface area contributed by atoms with Crippen molar-refractivity contribution in [2.75, 3.05) is 13.2 Å². The first kappa shape index (κ1) is 18.2. The van der Waals surface area contributed by atoms with Crippen LogP contribution in [0.25, 0.3) is 0 Å². The Morgan fingerprint density at radius 2 is 2.16 bits per heavy atom. The molecule has 1 N–H and O–H groups in total. The fraction of sp³-hybridized carbons (Fsp3) is 0.524. The Morgan fingerprint density at radius 1 is 1.28 bits per heavy atom. The summed E-state index contributed by atoms with van der Waals surface area (Å²) in [7, 11) is 0. The van der Waals surface area contributed by atoms with Gasteiger partial charge in [0.1, 0.15) is 11.6 Å². The zero-order chi connectivity index (χ0) is 17.6. The van der Waals surface area contributed by atoms with Crippen LogP contribution in [0.4, 0.5) is 4.39 Å². The molecule has 1 saturated heterocycles. The van der Waals surface area contributed by atoms with Gasteiger partial charge in [0.2, 0.25) is 0 Å².